The second kappa shape index (κ2) is 8.49. The van der Waals surface area contributed by atoms with Gasteiger partial charge >= 0.3 is 0 Å². The zero-order valence-electron chi connectivity index (χ0n) is 12.6. The number of halogens is 1. The van der Waals surface area contributed by atoms with Gasteiger partial charge in [-0.05, 0) is 31.7 Å². The summed E-state index contributed by atoms with van der Waals surface area (Å²) in [7, 11) is 1.95. The van der Waals surface area contributed by atoms with E-state index in [2.05, 4.69) is 34.6 Å². The third-order valence-corrected chi connectivity index (χ3v) is 3.57. The maximum Gasteiger partial charge on any atom is 0.191 e. The normalized spacial score (nSPS) is 21.2. The van der Waals surface area contributed by atoms with Gasteiger partial charge in [-0.25, -0.2) is 4.99 Å². The van der Waals surface area contributed by atoms with Crippen molar-refractivity contribution in [3.05, 3.63) is 18.0 Å². The molecular formula is C14H26IN5. The van der Waals surface area contributed by atoms with Gasteiger partial charge in [0.15, 0.2) is 5.96 Å². The second-order valence-corrected chi connectivity index (χ2v) is 5.18. The molecule has 2 unspecified atom stereocenters. The molecule has 1 fully saturated rings. The van der Waals surface area contributed by atoms with E-state index in [9.17, 15) is 0 Å². The van der Waals surface area contributed by atoms with Gasteiger partial charge in [-0.3, -0.25) is 4.68 Å². The predicted octanol–water partition coefficient (Wildman–Crippen LogP) is 2.28. The number of nitrogens with zero attached hydrogens (tertiary/aromatic N) is 3. The van der Waals surface area contributed by atoms with Crippen molar-refractivity contribution < 1.29 is 0 Å². The van der Waals surface area contributed by atoms with Crippen LogP contribution in [-0.4, -0.2) is 28.3 Å². The van der Waals surface area contributed by atoms with Crippen LogP contribution in [0.15, 0.2) is 17.3 Å². The lowest BCUT2D eigenvalue weighted by Crippen LogP contribution is -2.39. The Hall–Kier alpha value is -0.790. The topological polar surface area (TPSA) is 54.2 Å². The summed E-state index contributed by atoms with van der Waals surface area (Å²) in [6.07, 6.45) is 5.68. The number of hydrogen-bond donors (Lipinski definition) is 2. The fourth-order valence-corrected chi connectivity index (χ4v) is 2.33. The van der Waals surface area contributed by atoms with Crippen molar-refractivity contribution in [2.45, 2.75) is 45.7 Å². The molecule has 0 spiro atoms. The van der Waals surface area contributed by atoms with E-state index in [4.69, 9.17) is 0 Å². The first-order chi connectivity index (χ1) is 9.24. The molecule has 0 amide bonds. The van der Waals surface area contributed by atoms with E-state index >= 15 is 0 Å². The van der Waals surface area contributed by atoms with Crippen molar-refractivity contribution >= 4 is 29.9 Å². The summed E-state index contributed by atoms with van der Waals surface area (Å²) < 4.78 is 1.87. The second-order valence-electron chi connectivity index (χ2n) is 5.18. The Labute approximate surface area is 138 Å². The molecule has 2 N–H and O–H groups in total. The Morgan fingerprint density at radius 3 is 2.90 bits per heavy atom. The highest BCUT2D eigenvalue weighted by atomic mass is 127. The van der Waals surface area contributed by atoms with Crippen LogP contribution in [0.1, 0.15) is 38.8 Å². The first-order valence-corrected chi connectivity index (χ1v) is 7.26. The summed E-state index contributed by atoms with van der Waals surface area (Å²) in [5.74, 6) is 1.76. The van der Waals surface area contributed by atoms with E-state index in [1.807, 2.05) is 24.0 Å². The highest BCUT2D eigenvalue weighted by Crippen LogP contribution is 2.34. The van der Waals surface area contributed by atoms with Crippen LogP contribution in [0.5, 0.6) is 0 Å². The molecule has 1 aliphatic rings. The molecular weight excluding hydrogens is 365 g/mol. The lowest BCUT2D eigenvalue weighted by atomic mass is 10.2. The molecule has 0 saturated heterocycles. The van der Waals surface area contributed by atoms with Crippen molar-refractivity contribution in [3.63, 3.8) is 0 Å². The highest BCUT2D eigenvalue weighted by Gasteiger charge is 2.36. The van der Waals surface area contributed by atoms with E-state index in [-0.39, 0.29) is 24.0 Å². The third kappa shape index (κ3) is 4.96. The largest absolute Gasteiger partial charge is 0.357 e. The number of nitrogens with one attached hydrogen (secondary N) is 2. The molecule has 2 atom stereocenters. The van der Waals surface area contributed by atoms with Crippen molar-refractivity contribution in [1.29, 1.82) is 0 Å². The first kappa shape index (κ1) is 17.3. The summed E-state index contributed by atoms with van der Waals surface area (Å²) in [6.45, 7) is 5.90. The molecule has 0 aliphatic heterocycles. The molecule has 1 aromatic heterocycles. The van der Waals surface area contributed by atoms with Gasteiger partial charge in [0, 0.05) is 25.8 Å². The molecule has 0 radical (unpaired) electrons. The van der Waals surface area contributed by atoms with Gasteiger partial charge in [0.25, 0.3) is 0 Å². The number of rotatable bonds is 6. The fourth-order valence-electron chi connectivity index (χ4n) is 2.33. The first-order valence-electron chi connectivity index (χ1n) is 7.26. The monoisotopic (exact) mass is 391 g/mol. The SMILES string of the molecule is CCCC1CC1NC(=NCc1ccnn1C)NCC.I. The number of guanidine groups is 1. The lowest BCUT2D eigenvalue weighted by molar-refractivity contribution is 0.654. The Balaban J connectivity index is 0.00000200. The van der Waals surface area contributed by atoms with Gasteiger partial charge in [-0.15, -0.1) is 24.0 Å². The van der Waals surface area contributed by atoms with E-state index in [1.54, 1.807) is 0 Å². The number of hydrogen-bond acceptors (Lipinski definition) is 2. The van der Waals surface area contributed by atoms with Crippen molar-refractivity contribution in [1.82, 2.24) is 20.4 Å². The molecule has 1 aromatic rings. The Morgan fingerprint density at radius 1 is 1.50 bits per heavy atom. The Bertz CT molecular complexity index is 429. The van der Waals surface area contributed by atoms with Crippen molar-refractivity contribution in [2.24, 2.45) is 18.0 Å². The van der Waals surface area contributed by atoms with E-state index in [0.717, 1.165) is 24.1 Å². The minimum atomic E-state index is 0. The Kier molecular flexibility index (Phi) is 7.32. The van der Waals surface area contributed by atoms with E-state index in [0.29, 0.717) is 12.6 Å². The van der Waals surface area contributed by atoms with Crippen LogP contribution in [0, 0.1) is 5.92 Å². The van der Waals surface area contributed by atoms with Crippen LogP contribution in [-0.2, 0) is 13.6 Å². The van der Waals surface area contributed by atoms with Crippen molar-refractivity contribution in [3.8, 4) is 0 Å². The van der Waals surface area contributed by atoms with Gasteiger partial charge in [-0.1, -0.05) is 13.3 Å². The average molecular weight is 391 g/mol. The maximum atomic E-state index is 4.63. The van der Waals surface area contributed by atoms with E-state index in [1.165, 1.54) is 19.3 Å². The third-order valence-electron chi connectivity index (χ3n) is 3.57. The smallest absolute Gasteiger partial charge is 0.191 e. The minimum absolute atomic E-state index is 0. The van der Waals surface area contributed by atoms with Gasteiger partial charge in [0.1, 0.15) is 0 Å². The molecule has 0 aromatic carbocycles. The minimum Gasteiger partial charge on any atom is -0.357 e. The number of aromatic nitrogens is 2. The molecule has 20 heavy (non-hydrogen) atoms. The zero-order valence-corrected chi connectivity index (χ0v) is 14.9. The quantitative estimate of drug-likeness (QED) is 0.445. The summed E-state index contributed by atoms with van der Waals surface area (Å²) in [6, 6.07) is 2.62. The predicted molar refractivity (Wildman–Crippen MR) is 93.4 cm³/mol. The van der Waals surface area contributed by atoms with Gasteiger partial charge in [0.05, 0.1) is 12.2 Å². The lowest BCUT2D eigenvalue weighted by Gasteiger charge is -2.11. The van der Waals surface area contributed by atoms with Crippen LogP contribution < -0.4 is 10.6 Å². The molecule has 6 heteroatoms. The maximum absolute atomic E-state index is 4.63. The van der Waals surface area contributed by atoms with Crippen molar-refractivity contribution in [2.75, 3.05) is 6.54 Å². The number of aryl methyl sites for hydroxylation is 1. The van der Waals surface area contributed by atoms with Gasteiger partial charge in [-0.2, -0.15) is 5.10 Å². The molecule has 1 saturated carbocycles. The van der Waals surface area contributed by atoms with Crippen LogP contribution in [0.25, 0.3) is 0 Å². The molecule has 0 bridgehead atoms. The summed E-state index contributed by atoms with van der Waals surface area (Å²) in [5.41, 5.74) is 1.12. The molecule has 1 heterocycles. The fraction of sp³-hybridized carbons (Fsp3) is 0.714. The molecule has 1 aliphatic carbocycles. The summed E-state index contributed by atoms with van der Waals surface area (Å²) in [4.78, 5) is 4.63. The highest BCUT2D eigenvalue weighted by molar-refractivity contribution is 14.0. The molecule has 5 nitrogen and oxygen atoms in total. The van der Waals surface area contributed by atoms with Crippen LogP contribution >= 0.6 is 24.0 Å². The number of aliphatic imine (C=N–C) groups is 1. The van der Waals surface area contributed by atoms with Gasteiger partial charge < -0.3 is 10.6 Å². The summed E-state index contributed by atoms with van der Waals surface area (Å²) >= 11 is 0. The van der Waals surface area contributed by atoms with Crippen LogP contribution in [0.2, 0.25) is 0 Å². The van der Waals surface area contributed by atoms with E-state index < -0.39 is 0 Å². The van der Waals surface area contributed by atoms with Gasteiger partial charge in [0.2, 0.25) is 0 Å². The molecule has 114 valence electrons. The Morgan fingerprint density at radius 2 is 2.30 bits per heavy atom. The zero-order chi connectivity index (χ0) is 13.7. The molecule has 2 rings (SSSR count). The average Bonchev–Trinajstić information content (AvgIpc) is 2.97. The van der Waals surface area contributed by atoms with Crippen LogP contribution in [0.4, 0.5) is 0 Å². The summed E-state index contributed by atoms with van der Waals surface area (Å²) in [5, 5.41) is 11.0. The standard InChI is InChI=1S/C14H25N5.HI/c1-4-6-11-9-13(11)18-14(15-5-2)16-10-12-7-8-17-19(12)3;/h7-8,11,13H,4-6,9-10H2,1-3H3,(H2,15,16,18);1H. The van der Waals surface area contributed by atoms with Crippen LogP contribution in [0.3, 0.4) is 0 Å².